The maximum atomic E-state index is 9.48. The van der Waals surface area contributed by atoms with Crippen LogP contribution in [-0.4, -0.2) is 42.8 Å². The zero-order chi connectivity index (χ0) is 13.0. The first-order chi connectivity index (χ1) is 9.28. The summed E-state index contributed by atoms with van der Waals surface area (Å²) in [6.07, 6.45) is 3.52. The SMILES string of the molecule is CN1C[C@H](CO)C=C2c3cccc4c3C(CN4)C[C@H]21. The number of anilines is 1. The Morgan fingerprint density at radius 1 is 1.42 bits per heavy atom. The number of nitrogens with one attached hydrogen (secondary N) is 1. The molecule has 4 rings (SSSR count). The van der Waals surface area contributed by atoms with Gasteiger partial charge < -0.3 is 10.4 Å². The Bertz CT molecular complexity index is 552. The van der Waals surface area contributed by atoms with E-state index in [1.165, 1.54) is 28.8 Å². The van der Waals surface area contributed by atoms with E-state index >= 15 is 0 Å². The second-order valence-corrected chi connectivity index (χ2v) is 6.10. The fourth-order valence-electron chi connectivity index (χ4n) is 4.06. The molecule has 2 heterocycles. The summed E-state index contributed by atoms with van der Waals surface area (Å²) in [7, 11) is 2.19. The predicted octanol–water partition coefficient (Wildman–Crippen LogP) is 1.91. The number of hydrogen-bond acceptors (Lipinski definition) is 3. The molecule has 3 atom stereocenters. The molecule has 0 radical (unpaired) electrons. The maximum Gasteiger partial charge on any atom is 0.0506 e. The van der Waals surface area contributed by atoms with Crippen LogP contribution in [-0.2, 0) is 0 Å². The largest absolute Gasteiger partial charge is 0.396 e. The fourth-order valence-corrected chi connectivity index (χ4v) is 4.06. The van der Waals surface area contributed by atoms with Crippen LogP contribution in [0.4, 0.5) is 5.69 Å². The topological polar surface area (TPSA) is 35.5 Å². The molecule has 3 aliphatic rings. The van der Waals surface area contributed by atoms with Gasteiger partial charge in [0.1, 0.15) is 0 Å². The molecule has 3 nitrogen and oxygen atoms in total. The third-order valence-corrected chi connectivity index (χ3v) is 4.94. The zero-order valence-electron chi connectivity index (χ0n) is 11.3. The zero-order valence-corrected chi connectivity index (χ0v) is 11.3. The van der Waals surface area contributed by atoms with Gasteiger partial charge in [-0.25, -0.2) is 0 Å². The lowest BCUT2D eigenvalue weighted by Gasteiger charge is -2.42. The molecule has 1 aromatic carbocycles. The van der Waals surface area contributed by atoms with Crippen LogP contribution >= 0.6 is 0 Å². The normalized spacial score (nSPS) is 32.3. The highest BCUT2D eigenvalue weighted by Gasteiger charge is 2.39. The quantitative estimate of drug-likeness (QED) is 0.805. The first kappa shape index (κ1) is 11.5. The number of hydrogen-bond donors (Lipinski definition) is 2. The minimum atomic E-state index is 0.247. The second-order valence-electron chi connectivity index (χ2n) is 6.10. The Morgan fingerprint density at radius 2 is 2.32 bits per heavy atom. The molecule has 19 heavy (non-hydrogen) atoms. The van der Waals surface area contributed by atoms with E-state index in [0.717, 1.165) is 13.1 Å². The summed E-state index contributed by atoms with van der Waals surface area (Å²) in [5.74, 6) is 0.930. The Morgan fingerprint density at radius 3 is 3.16 bits per heavy atom. The Kier molecular flexibility index (Phi) is 2.47. The van der Waals surface area contributed by atoms with Gasteiger partial charge in [-0.05, 0) is 36.2 Å². The van der Waals surface area contributed by atoms with Crippen LogP contribution in [0, 0.1) is 5.92 Å². The van der Waals surface area contributed by atoms with E-state index in [9.17, 15) is 5.11 Å². The van der Waals surface area contributed by atoms with Crippen LogP contribution in [0.3, 0.4) is 0 Å². The standard InChI is InChI=1S/C16H20N2O/c1-18-8-10(9-19)5-13-12-3-2-4-14-16(12)11(7-17-14)6-15(13)18/h2-5,10-11,15,17,19H,6-9H2,1H3/t10-,11?,15-/m1/s1. The molecule has 3 heteroatoms. The van der Waals surface area contributed by atoms with E-state index in [0.29, 0.717) is 12.0 Å². The molecule has 1 unspecified atom stereocenters. The van der Waals surface area contributed by atoms with Crippen LogP contribution in [0.2, 0.25) is 0 Å². The molecule has 0 aromatic heterocycles. The van der Waals surface area contributed by atoms with E-state index in [1.54, 1.807) is 0 Å². The Hall–Kier alpha value is -1.32. The number of benzene rings is 1. The summed E-state index contributed by atoms with van der Waals surface area (Å²) in [5.41, 5.74) is 5.67. The van der Waals surface area contributed by atoms with E-state index in [-0.39, 0.29) is 12.5 Å². The average molecular weight is 256 g/mol. The van der Waals surface area contributed by atoms with Gasteiger partial charge in [-0.3, -0.25) is 4.90 Å². The highest BCUT2D eigenvalue weighted by molar-refractivity contribution is 5.81. The van der Waals surface area contributed by atoms with Gasteiger partial charge in [0.25, 0.3) is 0 Å². The first-order valence-electron chi connectivity index (χ1n) is 7.18. The summed E-state index contributed by atoms with van der Waals surface area (Å²) >= 11 is 0. The van der Waals surface area contributed by atoms with Crippen molar-refractivity contribution in [1.82, 2.24) is 4.90 Å². The van der Waals surface area contributed by atoms with E-state index in [2.05, 4.69) is 41.5 Å². The maximum absolute atomic E-state index is 9.48. The van der Waals surface area contributed by atoms with Crippen LogP contribution in [0.1, 0.15) is 23.5 Å². The van der Waals surface area contributed by atoms with E-state index < -0.39 is 0 Å². The molecule has 0 fully saturated rings. The molecule has 0 spiro atoms. The van der Waals surface area contributed by atoms with Gasteiger partial charge in [0.2, 0.25) is 0 Å². The van der Waals surface area contributed by atoms with Crippen molar-refractivity contribution in [3.63, 3.8) is 0 Å². The first-order valence-corrected chi connectivity index (χ1v) is 7.18. The van der Waals surface area contributed by atoms with Gasteiger partial charge >= 0.3 is 0 Å². The van der Waals surface area contributed by atoms with Crippen molar-refractivity contribution < 1.29 is 5.11 Å². The number of aliphatic hydroxyl groups excluding tert-OH is 1. The van der Waals surface area contributed by atoms with E-state index in [4.69, 9.17) is 0 Å². The number of rotatable bonds is 1. The molecule has 2 N–H and O–H groups in total. The van der Waals surface area contributed by atoms with Gasteiger partial charge in [-0.1, -0.05) is 18.2 Å². The van der Waals surface area contributed by atoms with Gasteiger partial charge in [-0.15, -0.1) is 0 Å². The number of fused-ring (bicyclic) bond motifs is 2. The smallest absolute Gasteiger partial charge is 0.0506 e. The van der Waals surface area contributed by atoms with Crippen LogP contribution in [0.5, 0.6) is 0 Å². The summed E-state index contributed by atoms with van der Waals surface area (Å²) in [4.78, 5) is 2.42. The predicted molar refractivity (Wildman–Crippen MR) is 77.3 cm³/mol. The third-order valence-electron chi connectivity index (χ3n) is 4.94. The third kappa shape index (κ3) is 1.58. The van der Waals surface area contributed by atoms with Gasteiger partial charge in [-0.2, -0.15) is 0 Å². The summed E-state index contributed by atoms with van der Waals surface area (Å²) in [6, 6.07) is 7.12. The molecular formula is C16H20N2O. The molecule has 1 aliphatic carbocycles. The highest BCUT2D eigenvalue weighted by atomic mass is 16.3. The van der Waals surface area contributed by atoms with Crippen molar-refractivity contribution >= 4 is 11.3 Å². The monoisotopic (exact) mass is 256 g/mol. The highest BCUT2D eigenvalue weighted by Crippen LogP contribution is 2.48. The summed E-state index contributed by atoms with van der Waals surface area (Å²) in [5, 5.41) is 13.0. The minimum absolute atomic E-state index is 0.247. The molecule has 1 aromatic rings. The van der Waals surface area contributed by atoms with Crippen molar-refractivity contribution in [3.8, 4) is 0 Å². The summed E-state index contributed by atoms with van der Waals surface area (Å²) < 4.78 is 0. The average Bonchev–Trinajstić information content (AvgIpc) is 2.85. The number of aliphatic hydroxyl groups is 1. The van der Waals surface area contributed by atoms with Gasteiger partial charge in [0, 0.05) is 36.7 Å². The van der Waals surface area contributed by atoms with Crippen LogP contribution in [0.15, 0.2) is 24.3 Å². The molecule has 0 saturated carbocycles. The van der Waals surface area contributed by atoms with Crippen LogP contribution in [0.25, 0.3) is 5.57 Å². The van der Waals surface area contributed by atoms with Crippen molar-refractivity contribution in [3.05, 3.63) is 35.4 Å². The molecular weight excluding hydrogens is 236 g/mol. The van der Waals surface area contributed by atoms with Crippen molar-refractivity contribution in [2.24, 2.45) is 5.92 Å². The Labute approximate surface area is 113 Å². The van der Waals surface area contributed by atoms with Crippen molar-refractivity contribution in [2.45, 2.75) is 18.4 Å². The lowest BCUT2D eigenvalue weighted by atomic mass is 9.75. The lowest BCUT2D eigenvalue weighted by Crippen LogP contribution is -2.43. The second kappa shape index (κ2) is 4.09. The fraction of sp³-hybridized carbons (Fsp3) is 0.500. The summed E-state index contributed by atoms with van der Waals surface area (Å²) in [6.45, 7) is 2.30. The molecule has 100 valence electrons. The molecule has 2 aliphatic heterocycles. The van der Waals surface area contributed by atoms with Gasteiger partial charge in [0.05, 0.1) is 6.61 Å². The minimum Gasteiger partial charge on any atom is -0.396 e. The lowest BCUT2D eigenvalue weighted by molar-refractivity contribution is 0.174. The number of nitrogens with zero attached hydrogens (tertiary/aromatic N) is 1. The van der Waals surface area contributed by atoms with Crippen molar-refractivity contribution in [1.29, 1.82) is 0 Å². The molecule has 0 amide bonds. The number of likely N-dealkylation sites (N-methyl/N-ethyl adjacent to an activating group) is 1. The van der Waals surface area contributed by atoms with Gasteiger partial charge in [0.15, 0.2) is 0 Å². The van der Waals surface area contributed by atoms with Crippen molar-refractivity contribution in [2.75, 3.05) is 32.1 Å². The van der Waals surface area contributed by atoms with E-state index in [1.807, 2.05) is 0 Å². The molecule has 0 saturated heterocycles. The molecule has 0 bridgehead atoms. The Balaban J connectivity index is 1.88. The van der Waals surface area contributed by atoms with Crippen LogP contribution < -0.4 is 5.32 Å².